The van der Waals surface area contributed by atoms with Crippen LogP contribution in [0.15, 0.2) is 45.8 Å². The highest BCUT2D eigenvalue weighted by Crippen LogP contribution is 2.59. The minimum absolute atomic E-state index is 0.0246. The monoisotopic (exact) mass is 483 g/mol. The van der Waals surface area contributed by atoms with E-state index >= 15 is 0 Å². The van der Waals surface area contributed by atoms with Gasteiger partial charge < -0.3 is 24.0 Å². The zero-order valence-corrected chi connectivity index (χ0v) is 19.7. The second kappa shape index (κ2) is 7.38. The predicted molar refractivity (Wildman–Crippen MR) is 125 cm³/mol. The Hall–Kier alpha value is -3.24. The Morgan fingerprint density at radius 2 is 1.85 bits per heavy atom. The molecule has 0 amide bonds. The lowest BCUT2D eigenvalue weighted by molar-refractivity contribution is 0.142. The average molecular weight is 484 g/mol. The van der Waals surface area contributed by atoms with E-state index in [4.69, 9.17) is 14.0 Å². The number of hydrogen-bond acceptors (Lipinski definition) is 8. The van der Waals surface area contributed by atoms with Crippen LogP contribution in [0.1, 0.15) is 24.0 Å². The van der Waals surface area contributed by atoms with Crippen LogP contribution in [0.2, 0.25) is 0 Å². The molecule has 34 heavy (non-hydrogen) atoms. The highest BCUT2D eigenvalue weighted by atomic mass is 32.2. The summed E-state index contributed by atoms with van der Waals surface area (Å²) in [6, 6.07) is 11.1. The van der Waals surface area contributed by atoms with Crippen LogP contribution in [-0.4, -0.2) is 52.1 Å². The fourth-order valence-corrected chi connectivity index (χ4v) is 6.45. The largest absolute Gasteiger partial charge is 0.495 e. The Morgan fingerprint density at radius 1 is 1.15 bits per heavy atom. The number of fused-ring (bicyclic) bond motifs is 4. The van der Waals surface area contributed by atoms with E-state index in [-0.39, 0.29) is 33.7 Å². The van der Waals surface area contributed by atoms with Crippen molar-refractivity contribution in [2.75, 3.05) is 36.9 Å². The van der Waals surface area contributed by atoms with Crippen LogP contribution >= 0.6 is 0 Å². The van der Waals surface area contributed by atoms with Gasteiger partial charge in [0.15, 0.2) is 16.5 Å². The molecule has 0 unspecified atom stereocenters. The van der Waals surface area contributed by atoms with Gasteiger partial charge in [0, 0.05) is 35.3 Å². The van der Waals surface area contributed by atoms with Crippen LogP contribution in [0.5, 0.6) is 11.5 Å². The van der Waals surface area contributed by atoms with Crippen molar-refractivity contribution >= 4 is 21.5 Å². The second-order valence-electron chi connectivity index (χ2n) is 9.18. The Labute approximate surface area is 197 Å². The van der Waals surface area contributed by atoms with E-state index in [0.29, 0.717) is 25.3 Å². The predicted octanol–water partition coefficient (Wildman–Crippen LogP) is 2.93. The number of sulfonamides is 1. The molecule has 2 aromatic carbocycles. The van der Waals surface area contributed by atoms with E-state index in [1.807, 2.05) is 0 Å². The summed E-state index contributed by atoms with van der Waals surface area (Å²) < 4.78 is 45.7. The van der Waals surface area contributed by atoms with E-state index in [0.717, 1.165) is 29.7 Å². The SMILES string of the molecule is COc1cccc(OC)c1S(=O)(=O)Nc1noc2c1CC1(CC1)c1ccc(N3CC(O)C3)cc1-2. The number of ether oxygens (including phenoxy) is 2. The Morgan fingerprint density at radius 3 is 2.47 bits per heavy atom. The smallest absolute Gasteiger partial charge is 0.270 e. The molecule has 1 aliphatic heterocycles. The second-order valence-corrected chi connectivity index (χ2v) is 10.8. The summed E-state index contributed by atoms with van der Waals surface area (Å²) in [7, 11) is -1.26. The van der Waals surface area contributed by atoms with Crippen LogP contribution in [0.25, 0.3) is 11.3 Å². The van der Waals surface area contributed by atoms with Crippen molar-refractivity contribution in [1.29, 1.82) is 0 Å². The maximum Gasteiger partial charge on any atom is 0.270 e. The molecule has 6 rings (SSSR count). The highest BCUT2D eigenvalue weighted by molar-refractivity contribution is 7.93. The van der Waals surface area contributed by atoms with Gasteiger partial charge in [0.05, 0.1) is 20.3 Å². The van der Waals surface area contributed by atoms with Gasteiger partial charge in [-0.1, -0.05) is 17.3 Å². The Bertz CT molecular complexity index is 1370. The first-order valence-corrected chi connectivity index (χ1v) is 12.6. The number of rotatable bonds is 6. The number of aliphatic hydroxyl groups is 1. The van der Waals surface area contributed by atoms with Crippen LogP contribution in [-0.2, 0) is 21.9 Å². The molecule has 0 atom stereocenters. The fraction of sp³-hybridized carbons (Fsp3) is 0.375. The third-order valence-electron chi connectivity index (χ3n) is 7.09. The first-order valence-electron chi connectivity index (χ1n) is 11.2. The lowest BCUT2D eigenvalue weighted by Crippen LogP contribution is -2.50. The summed E-state index contributed by atoms with van der Waals surface area (Å²) in [5.74, 6) is 1.12. The minimum atomic E-state index is -4.08. The van der Waals surface area contributed by atoms with Gasteiger partial charge in [-0.2, -0.15) is 0 Å². The molecule has 0 bridgehead atoms. The number of aromatic nitrogens is 1. The van der Waals surface area contributed by atoms with Gasteiger partial charge in [0.1, 0.15) is 11.5 Å². The number of anilines is 2. The molecule has 2 aliphatic carbocycles. The lowest BCUT2D eigenvalue weighted by atomic mass is 9.79. The highest BCUT2D eigenvalue weighted by Gasteiger charge is 2.51. The van der Waals surface area contributed by atoms with Crippen LogP contribution in [0, 0.1) is 0 Å². The van der Waals surface area contributed by atoms with E-state index in [2.05, 4.69) is 33.0 Å². The van der Waals surface area contributed by atoms with Crippen molar-refractivity contribution in [3.05, 3.63) is 47.5 Å². The number of benzene rings is 2. The maximum atomic E-state index is 13.4. The third kappa shape index (κ3) is 3.16. The van der Waals surface area contributed by atoms with Crippen molar-refractivity contribution in [3.8, 4) is 22.8 Å². The van der Waals surface area contributed by atoms with Crippen molar-refractivity contribution in [1.82, 2.24) is 5.16 Å². The molecule has 1 saturated heterocycles. The molecule has 9 nitrogen and oxygen atoms in total. The Balaban J connectivity index is 1.41. The van der Waals surface area contributed by atoms with Gasteiger partial charge in [-0.25, -0.2) is 8.42 Å². The van der Waals surface area contributed by atoms with E-state index in [1.54, 1.807) is 18.2 Å². The topological polar surface area (TPSA) is 114 Å². The number of aliphatic hydroxyl groups excluding tert-OH is 1. The lowest BCUT2D eigenvalue weighted by Gasteiger charge is -2.38. The van der Waals surface area contributed by atoms with Gasteiger partial charge in [0.25, 0.3) is 10.0 Å². The minimum Gasteiger partial charge on any atom is -0.495 e. The summed E-state index contributed by atoms with van der Waals surface area (Å²) in [5.41, 5.74) is 3.88. The first kappa shape index (κ1) is 21.3. The number of methoxy groups -OCH3 is 2. The molecular formula is C24H25N3O6S. The maximum absolute atomic E-state index is 13.4. The molecule has 1 aromatic heterocycles. The molecule has 2 fully saturated rings. The van der Waals surface area contributed by atoms with E-state index in [9.17, 15) is 13.5 Å². The van der Waals surface area contributed by atoms with Gasteiger partial charge in [-0.05, 0) is 49.1 Å². The number of β-amino-alcohol motifs (C(OH)–C–C–N with tert-alkyl or cyclic N) is 1. The van der Waals surface area contributed by atoms with Gasteiger partial charge in [-0.15, -0.1) is 0 Å². The number of hydrogen-bond donors (Lipinski definition) is 2. The molecule has 3 aliphatic rings. The van der Waals surface area contributed by atoms with Crippen molar-refractivity contribution in [2.24, 2.45) is 0 Å². The molecule has 1 saturated carbocycles. The van der Waals surface area contributed by atoms with Gasteiger partial charge in [0.2, 0.25) is 0 Å². The summed E-state index contributed by atoms with van der Waals surface area (Å²) in [6.45, 7) is 1.19. The van der Waals surface area contributed by atoms with Crippen LogP contribution in [0.3, 0.4) is 0 Å². The average Bonchev–Trinajstić information content (AvgIpc) is 3.48. The van der Waals surface area contributed by atoms with Crippen molar-refractivity contribution in [2.45, 2.75) is 35.7 Å². The normalized spacial score (nSPS) is 18.1. The molecule has 2 heterocycles. The van der Waals surface area contributed by atoms with E-state index < -0.39 is 10.0 Å². The van der Waals surface area contributed by atoms with Gasteiger partial charge in [-0.3, -0.25) is 4.72 Å². The first-order chi connectivity index (χ1) is 16.3. The molecular weight excluding hydrogens is 458 g/mol. The van der Waals surface area contributed by atoms with Crippen molar-refractivity contribution in [3.63, 3.8) is 0 Å². The Kier molecular flexibility index (Phi) is 4.62. The van der Waals surface area contributed by atoms with E-state index in [1.165, 1.54) is 19.8 Å². The third-order valence-corrected chi connectivity index (χ3v) is 8.49. The molecule has 0 radical (unpaired) electrons. The summed E-state index contributed by atoms with van der Waals surface area (Å²) in [5, 5.41) is 13.8. The zero-order valence-electron chi connectivity index (χ0n) is 18.9. The molecule has 2 N–H and O–H groups in total. The number of nitrogens with one attached hydrogen (secondary N) is 1. The van der Waals surface area contributed by atoms with Gasteiger partial charge >= 0.3 is 0 Å². The summed E-state index contributed by atoms with van der Waals surface area (Å²) >= 11 is 0. The molecule has 1 spiro atoms. The van der Waals surface area contributed by atoms with Crippen molar-refractivity contribution < 1.29 is 27.5 Å². The van der Waals surface area contributed by atoms with Crippen LogP contribution in [0.4, 0.5) is 11.5 Å². The fourth-order valence-electron chi connectivity index (χ4n) is 5.10. The molecule has 178 valence electrons. The quantitative estimate of drug-likeness (QED) is 0.550. The summed E-state index contributed by atoms with van der Waals surface area (Å²) in [6.07, 6.45) is 2.40. The standard InChI is InChI=1S/C24H25N3O6S/c1-31-19-4-3-5-20(32-2)22(19)34(29,30)26-23-17-11-24(8-9-24)18-7-6-14(27-12-15(28)13-27)10-16(18)21(17)33-25-23/h3-7,10,15,28H,8-9,11-13H2,1-2H3,(H,25,26). The summed E-state index contributed by atoms with van der Waals surface area (Å²) in [4.78, 5) is 2.01. The molecule has 3 aromatic rings. The zero-order chi connectivity index (χ0) is 23.7. The number of nitrogens with zero attached hydrogens (tertiary/aromatic N) is 2. The molecule has 10 heteroatoms. The van der Waals surface area contributed by atoms with Crippen LogP contribution < -0.4 is 19.1 Å².